The van der Waals surface area contributed by atoms with Crippen molar-refractivity contribution in [2.45, 2.75) is 97.7 Å². The molecule has 0 amide bonds. The number of unbranched alkanes of at least 4 members (excludes halogenated alkanes) is 7. The van der Waals surface area contributed by atoms with E-state index in [9.17, 15) is 0 Å². The third-order valence-electron chi connectivity index (χ3n) is 3.40. The zero-order valence-electron chi connectivity index (χ0n) is 13.6. The van der Waals surface area contributed by atoms with Crippen molar-refractivity contribution in [1.29, 1.82) is 0 Å². The second kappa shape index (κ2) is 16.0. The molecule has 0 bridgehead atoms. The number of ether oxygens (including phenoxy) is 2. The fraction of sp³-hybridized carbons (Fsp3) is 1.00. The lowest BCUT2D eigenvalue weighted by atomic mass is 10.1. The van der Waals surface area contributed by atoms with Gasteiger partial charge >= 0.3 is 0 Å². The van der Waals surface area contributed by atoms with Crippen LogP contribution in [0.15, 0.2) is 0 Å². The van der Waals surface area contributed by atoms with Crippen LogP contribution in [-0.4, -0.2) is 19.5 Å². The molecule has 2 heteroatoms. The van der Waals surface area contributed by atoms with Crippen LogP contribution in [0.2, 0.25) is 0 Å². The third-order valence-corrected chi connectivity index (χ3v) is 3.40. The van der Waals surface area contributed by atoms with E-state index in [1.165, 1.54) is 57.8 Å². The highest BCUT2D eigenvalue weighted by molar-refractivity contribution is 4.50. The zero-order valence-corrected chi connectivity index (χ0v) is 13.6. The van der Waals surface area contributed by atoms with Gasteiger partial charge in [0.05, 0.1) is 0 Å². The molecule has 0 saturated heterocycles. The van der Waals surface area contributed by atoms with Crippen LogP contribution < -0.4 is 0 Å². The molecule has 0 spiro atoms. The molecule has 0 aromatic rings. The van der Waals surface area contributed by atoms with E-state index in [0.717, 1.165) is 26.1 Å². The maximum Gasteiger partial charge on any atom is 0.157 e. The van der Waals surface area contributed by atoms with E-state index in [-0.39, 0.29) is 6.29 Å². The molecular formula is C17H36O2. The lowest BCUT2D eigenvalue weighted by Gasteiger charge is -2.18. The van der Waals surface area contributed by atoms with Gasteiger partial charge in [-0.05, 0) is 25.7 Å². The largest absolute Gasteiger partial charge is 0.353 e. The van der Waals surface area contributed by atoms with E-state index in [2.05, 4.69) is 20.8 Å². The Kier molecular flexibility index (Phi) is 15.9. The van der Waals surface area contributed by atoms with Crippen molar-refractivity contribution < 1.29 is 9.47 Å². The summed E-state index contributed by atoms with van der Waals surface area (Å²) in [7, 11) is 0. The quantitative estimate of drug-likeness (QED) is 0.281. The predicted molar refractivity (Wildman–Crippen MR) is 83.5 cm³/mol. The van der Waals surface area contributed by atoms with Crippen molar-refractivity contribution in [3.8, 4) is 0 Å². The molecule has 0 aromatic heterocycles. The highest BCUT2D eigenvalue weighted by atomic mass is 16.7. The summed E-state index contributed by atoms with van der Waals surface area (Å²) in [5.41, 5.74) is 0. The van der Waals surface area contributed by atoms with Crippen molar-refractivity contribution in [2.24, 2.45) is 0 Å². The van der Waals surface area contributed by atoms with Crippen LogP contribution in [0.5, 0.6) is 0 Å². The minimum Gasteiger partial charge on any atom is -0.353 e. The van der Waals surface area contributed by atoms with Crippen molar-refractivity contribution in [3.63, 3.8) is 0 Å². The Morgan fingerprint density at radius 1 is 0.579 bits per heavy atom. The fourth-order valence-corrected chi connectivity index (χ4v) is 2.06. The Labute approximate surface area is 121 Å². The van der Waals surface area contributed by atoms with E-state index in [1.807, 2.05) is 0 Å². The molecule has 0 rings (SSSR count). The van der Waals surface area contributed by atoms with Gasteiger partial charge in [0.25, 0.3) is 0 Å². The lowest BCUT2D eigenvalue weighted by Crippen LogP contribution is -2.18. The molecule has 1 atom stereocenters. The van der Waals surface area contributed by atoms with Crippen LogP contribution in [0.1, 0.15) is 91.4 Å². The summed E-state index contributed by atoms with van der Waals surface area (Å²) in [5, 5.41) is 0. The van der Waals surface area contributed by atoms with E-state index in [0.29, 0.717) is 0 Å². The number of hydrogen-bond acceptors (Lipinski definition) is 2. The highest BCUT2D eigenvalue weighted by Gasteiger charge is 2.08. The van der Waals surface area contributed by atoms with Gasteiger partial charge in [-0.15, -0.1) is 0 Å². The predicted octanol–water partition coefficient (Wildman–Crippen LogP) is 5.70. The minimum absolute atomic E-state index is 0.0463. The average Bonchev–Trinajstić information content (AvgIpc) is 2.42. The Bertz CT molecular complexity index is 159. The van der Waals surface area contributed by atoms with Crippen LogP contribution in [0.25, 0.3) is 0 Å². The summed E-state index contributed by atoms with van der Waals surface area (Å²) in [4.78, 5) is 0. The zero-order chi connectivity index (χ0) is 14.2. The molecule has 2 nitrogen and oxygen atoms in total. The fourth-order valence-electron chi connectivity index (χ4n) is 2.06. The van der Waals surface area contributed by atoms with Crippen LogP contribution in [0, 0.1) is 0 Å². The summed E-state index contributed by atoms with van der Waals surface area (Å²) < 4.78 is 11.7. The molecule has 0 aliphatic carbocycles. The van der Waals surface area contributed by atoms with Gasteiger partial charge in [-0.3, -0.25) is 0 Å². The first kappa shape index (κ1) is 18.9. The summed E-state index contributed by atoms with van der Waals surface area (Å²) in [5.74, 6) is 0. The first-order chi connectivity index (χ1) is 9.35. The van der Waals surface area contributed by atoms with Crippen LogP contribution in [0.3, 0.4) is 0 Å². The maximum atomic E-state index is 5.89. The molecular weight excluding hydrogens is 236 g/mol. The molecule has 0 N–H and O–H groups in total. The Morgan fingerprint density at radius 3 is 1.68 bits per heavy atom. The third kappa shape index (κ3) is 14.1. The molecule has 0 saturated carbocycles. The number of hydrogen-bond donors (Lipinski definition) is 0. The summed E-state index contributed by atoms with van der Waals surface area (Å²) in [6.07, 6.45) is 13.7. The molecule has 0 aliphatic rings. The second-order valence-corrected chi connectivity index (χ2v) is 5.43. The Balaban J connectivity index is 3.63. The van der Waals surface area contributed by atoms with E-state index >= 15 is 0 Å². The summed E-state index contributed by atoms with van der Waals surface area (Å²) in [6.45, 7) is 8.41. The summed E-state index contributed by atoms with van der Waals surface area (Å²) in [6, 6.07) is 0. The van der Waals surface area contributed by atoms with Crippen LogP contribution in [0.4, 0.5) is 0 Å². The number of rotatable bonds is 15. The standard InChI is InChI=1S/C17H36O2/c1-4-7-10-12-14-17(18-15-9-6-3)19-16-13-11-8-5-2/h17H,4-16H2,1-3H3. The van der Waals surface area contributed by atoms with E-state index in [4.69, 9.17) is 9.47 Å². The molecule has 19 heavy (non-hydrogen) atoms. The first-order valence-electron chi connectivity index (χ1n) is 8.58. The highest BCUT2D eigenvalue weighted by Crippen LogP contribution is 2.11. The van der Waals surface area contributed by atoms with E-state index in [1.54, 1.807) is 0 Å². The maximum absolute atomic E-state index is 5.89. The Hall–Kier alpha value is -0.0800. The minimum atomic E-state index is 0.0463. The normalized spacial score (nSPS) is 12.8. The van der Waals surface area contributed by atoms with Crippen LogP contribution in [-0.2, 0) is 9.47 Å². The van der Waals surface area contributed by atoms with Gasteiger partial charge in [0.15, 0.2) is 6.29 Å². The average molecular weight is 272 g/mol. The molecule has 0 aliphatic heterocycles. The van der Waals surface area contributed by atoms with Gasteiger partial charge in [0.2, 0.25) is 0 Å². The van der Waals surface area contributed by atoms with Gasteiger partial charge < -0.3 is 9.47 Å². The molecule has 1 unspecified atom stereocenters. The molecule has 0 fully saturated rings. The van der Waals surface area contributed by atoms with Crippen molar-refractivity contribution >= 4 is 0 Å². The Morgan fingerprint density at radius 2 is 1.11 bits per heavy atom. The van der Waals surface area contributed by atoms with Gasteiger partial charge in [0, 0.05) is 13.2 Å². The second-order valence-electron chi connectivity index (χ2n) is 5.43. The van der Waals surface area contributed by atoms with Gasteiger partial charge in [0.1, 0.15) is 0 Å². The van der Waals surface area contributed by atoms with Crippen molar-refractivity contribution in [2.75, 3.05) is 13.2 Å². The molecule has 116 valence electrons. The van der Waals surface area contributed by atoms with Gasteiger partial charge in [-0.25, -0.2) is 0 Å². The molecule has 0 aromatic carbocycles. The molecule has 0 heterocycles. The monoisotopic (exact) mass is 272 g/mol. The van der Waals surface area contributed by atoms with E-state index < -0.39 is 0 Å². The first-order valence-corrected chi connectivity index (χ1v) is 8.58. The summed E-state index contributed by atoms with van der Waals surface area (Å²) >= 11 is 0. The van der Waals surface area contributed by atoms with Crippen LogP contribution >= 0.6 is 0 Å². The molecule has 0 radical (unpaired) electrons. The smallest absolute Gasteiger partial charge is 0.157 e. The van der Waals surface area contributed by atoms with Gasteiger partial charge in [-0.2, -0.15) is 0 Å². The van der Waals surface area contributed by atoms with Crippen molar-refractivity contribution in [3.05, 3.63) is 0 Å². The van der Waals surface area contributed by atoms with Gasteiger partial charge in [-0.1, -0.05) is 65.7 Å². The van der Waals surface area contributed by atoms with Crippen molar-refractivity contribution in [1.82, 2.24) is 0 Å². The lowest BCUT2D eigenvalue weighted by molar-refractivity contribution is -0.147. The topological polar surface area (TPSA) is 18.5 Å². The SMILES string of the molecule is CCCCCCOC(CCCCCC)OCCCC.